The average Bonchev–Trinajstić information content (AvgIpc) is 1.97. The second kappa shape index (κ2) is 4.97. The normalized spacial score (nSPS) is 23.2. The molecule has 0 aliphatic heterocycles. The highest BCUT2D eigenvalue weighted by Crippen LogP contribution is 2.27. The maximum atomic E-state index is 11.6. The van der Waals surface area contributed by atoms with Gasteiger partial charge in [-0.2, -0.15) is 0 Å². The third-order valence-electron chi connectivity index (χ3n) is 2.65. The van der Waals surface area contributed by atoms with Crippen molar-refractivity contribution in [1.82, 2.24) is 0 Å². The summed E-state index contributed by atoms with van der Waals surface area (Å²) in [5.41, 5.74) is 5.41. The Labute approximate surface area is 77.4 Å². The number of nitrogens with two attached hydrogens (primary N) is 1. The molecule has 1 saturated carbocycles. The molecule has 1 fully saturated rings. The Kier molecular flexibility index (Phi) is 4.22. The summed E-state index contributed by atoms with van der Waals surface area (Å²) in [5, 5.41) is 0.301. The molecule has 1 aliphatic rings. The minimum absolute atomic E-state index is 0.301. The van der Waals surface area contributed by atoms with Gasteiger partial charge in [-0.1, -0.05) is 13.3 Å². The summed E-state index contributed by atoms with van der Waals surface area (Å²) < 4.78 is 11.6. The summed E-state index contributed by atoms with van der Waals surface area (Å²) in [5.74, 6) is 1.67. The fraction of sp³-hybridized carbons (Fsp3) is 1.00. The van der Waals surface area contributed by atoms with Gasteiger partial charge in [0, 0.05) is 21.8 Å². The molecule has 2 nitrogen and oxygen atoms in total. The molecule has 2 N–H and O–H groups in total. The zero-order valence-electron chi connectivity index (χ0n) is 7.79. The molecule has 0 spiro atoms. The first-order valence-corrected chi connectivity index (χ1v) is 6.19. The Hall–Kier alpha value is 0.110. The molecule has 1 aliphatic carbocycles. The van der Waals surface area contributed by atoms with E-state index in [9.17, 15) is 4.21 Å². The van der Waals surface area contributed by atoms with E-state index < -0.39 is 10.8 Å². The third kappa shape index (κ3) is 2.87. The second-order valence-corrected chi connectivity index (χ2v) is 5.63. The fourth-order valence-corrected chi connectivity index (χ4v) is 2.95. The van der Waals surface area contributed by atoms with E-state index in [0.29, 0.717) is 11.8 Å². The van der Waals surface area contributed by atoms with E-state index in [1.165, 1.54) is 19.3 Å². The predicted molar refractivity (Wildman–Crippen MR) is 53.5 cm³/mol. The molecule has 12 heavy (non-hydrogen) atoms. The van der Waals surface area contributed by atoms with E-state index in [-0.39, 0.29) is 0 Å². The molecular weight excluding hydrogens is 170 g/mol. The van der Waals surface area contributed by atoms with Crippen molar-refractivity contribution in [1.29, 1.82) is 0 Å². The van der Waals surface area contributed by atoms with E-state index in [1.54, 1.807) is 0 Å². The van der Waals surface area contributed by atoms with Gasteiger partial charge >= 0.3 is 0 Å². The zero-order chi connectivity index (χ0) is 8.97. The van der Waals surface area contributed by atoms with Crippen molar-refractivity contribution < 1.29 is 4.21 Å². The lowest BCUT2D eigenvalue weighted by Gasteiger charge is -2.25. The molecule has 0 heterocycles. The molecule has 0 radical (unpaired) electrons. The highest BCUT2D eigenvalue weighted by atomic mass is 32.2. The zero-order valence-corrected chi connectivity index (χ0v) is 8.61. The van der Waals surface area contributed by atoms with Crippen LogP contribution in [0.4, 0.5) is 0 Å². The van der Waals surface area contributed by atoms with E-state index >= 15 is 0 Å². The molecular formula is C9H19NOS. The SMILES string of the molecule is CC(CCN)S(=O)CC1CCC1. The van der Waals surface area contributed by atoms with Crippen LogP contribution < -0.4 is 5.73 Å². The molecule has 2 unspecified atom stereocenters. The molecule has 0 saturated heterocycles. The maximum absolute atomic E-state index is 11.6. The summed E-state index contributed by atoms with van der Waals surface area (Å²) in [6.45, 7) is 2.71. The van der Waals surface area contributed by atoms with E-state index in [4.69, 9.17) is 5.73 Å². The molecule has 2 atom stereocenters. The lowest BCUT2D eigenvalue weighted by Crippen LogP contribution is -2.25. The quantitative estimate of drug-likeness (QED) is 0.708. The Morgan fingerprint density at radius 1 is 1.58 bits per heavy atom. The van der Waals surface area contributed by atoms with Crippen molar-refractivity contribution in [3.8, 4) is 0 Å². The van der Waals surface area contributed by atoms with Crippen molar-refractivity contribution in [2.45, 2.75) is 37.9 Å². The van der Waals surface area contributed by atoms with Crippen LogP contribution in [0.15, 0.2) is 0 Å². The van der Waals surface area contributed by atoms with Gasteiger partial charge in [0.25, 0.3) is 0 Å². The first-order valence-electron chi connectivity index (χ1n) is 4.81. The number of rotatable bonds is 5. The first-order chi connectivity index (χ1) is 5.74. The molecule has 1 rings (SSSR count). The predicted octanol–water partition coefficient (Wildman–Crippen LogP) is 1.27. The smallest absolute Gasteiger partial charge is 0.0331 e. The Bertz CT molecular complexity index is 157. The number of hydrogen-bond donors (Lipinski definition) is 1. The third-order valence-corrected chi connectivity index (χ3v) is 4.58. The monoisotopic (exact) mass is 189 g/mol. The van der Waals surface area contributed by atoms with E-state index in [1.807, 2.05) is 6.92 Å². The van der Waals surface area contributed by atoms with Crippen LogP contribution in [0.25, 0.3) is 0 Å². The summed E-state index contributed by atoms with van der Waals surface area (Å²) in [6, 6.07) is 0. The first kappa shape index (κ1) is 10.2. The standard InChI is InChI=1S/C9H19NOS/c1-8(5-6-10)12(11)7-9-3-2-4-9/h8-9H,2-7,10H2,1H3. The minimum atomic E-state index is -0.623. The lowest BCUT2D eigenvalue weighted by atomic mass is 9.87. The van der Waals surface area contributed by atoms with Crippen LogP contribution in [0.1, 0.15) is 32.6 Å². The van der Waals surface area contributed by atoms with Gasteiger partial charge in [-0.05, 0) is 31.7 Å². The maximum Gasteiger partial charge on any atom is 0.0331 e. The van der Waals surface area contributed by atoms with Crippen LogP contribution >= 0.6 is 0 Å². The van der Waals surface area contributed by atoms with Gasteiger partial charge in [-0.25, -0.2) is 0 Å². The number of hydrogen-bond acceptors (Lipinski definition) is 2. The topological polar surface area (TPSA) is 43.1 Å². The van der Waals surface area contributed by atoms with Crippen LogP contribution in [0.5, 0.6) is 0 Å². The van der Waals surface area contributed by atoms with Gasteiger partial charge in [0.1, 0.15) is 0 Å². The molecule has 0 bridgehead atoms. The van der Waals surface area contributed by atoms with E-state index in [2.05, 4.69) is 0 Å². The van der Waals surface area contributed by atoms with E-state index in [0.717, 1.165) is 18.1 Å². The summed E-state index contributed by atoms with van der Waals surface area (Å²) in [7, 11) is -0.623. The average molecular weight is 189 g/mol. The molecule has 0 aromatic heterocycles. The Morgan fingerprint density at radius 2 is 2.25 bits per heavy atom. The largest absolute Gasteiger partial charge is 0.330 e. The van der Waals surface area contributed by atoms with Crippen LogP contribution in [-0.2, 0) is 10.8 Å². The highest BCUT2D eigenvalue weighted by molar-refractivity contribution is 7.85. The van der Waals surface area contributed by atoms with Crippen molar-refractivity contribution in [3.63, 3.8) is 0 Å². The molecule has 0 amide bonds. The van der Waals surface area contributed by atoms with Crippen LogP contribution in [0, 0.1) is 5.92 Å². The van der Waals surface area contributed by atoms with Gasteiger partial charge in [0.05, 0.1) is 0 Å². The van der Waals surface area contributed by atoms with Gasteiger partial charge in [-0.15, -0.1) is 0 Å². The molecule has 3 heteroatoms. The lowest BCUT2D eigenvalue weighted by molar-refractivity contribution is 0.350. The summed E-state index contributed by atoms with van der Waals surface area (Å²) >= 11 is 0. The van der Waals surface area contributed by atoms with Gasteiger partial charge in [0.2, 0.25) is 0 Å². The van der Waals surface area contributed by atoms with Crippen molar-refractivity contribution in [3.05, 3.63) is 0 Å². The van der Waals surface area contributed by atoms with Crippen LogP contribution in [-0.4, -0.2) is 21.8 Å². The highest BCUT2D eigenvalue weighted by Gasteiger charge is 2.21. The van der Waals surface area contributed by atoms with Crippen molar-refractivity contribution >= 4 is 10.8 Å². The molecule has 0 aromatic carbocycles. The Balaban J connectivity index is 2.16. The van der Waals surface area contributed by atoms with Gasteiger partial charge in [0.15, 0.2) is 0 Å². The molecule has 72 valence electrons. The Morgan fingerprint density at radius 3 is 2.67 bits per heavy atom. The molecule has 0 aromatic rings. The van der Waals surface area contributed by atoms with Gasteiger partial charge < -0.3 is 5.73 Å². The second-order valence-electron chi connectivity index (χ2n) is 3.73. The van der Waals surface area contributed by atoms with Crippen LogP contribution in [0.2, 0.25) is 0 Å². The fourth-order valence-electron chi connectivity index (χ4n) is 1.42. The van der Waals surface area contributed by atoms with Crippen molar-refractivity contribution in [2.75, 3.05) is 12.3 Å². The van der Waals surface area contributed by atoms with Gasteiger partial charge in [-0.3, -0.25) is 4.21 Å². The van der Waals surface area contributed by atoms with Crippen molar-refractivity contribution in [2.24, 2.45) is 11.7 Å². The summed E-state index contributed by atoms with van der Waals surface area (Å²) in [6.07, 6.45) is 4.83. The van der Waals surface area contributed by atoms with Crippen LogP contribution in [0.3, 0.4) is 0 Å². The summed E-state index contributed by atoms with van der Waals surface area (Å²) in [4.78, 5) is 0. The minimum Gasteiger partial charge on any atom is -0.330 e.